The average Bonchev–Trinajstić information content (AvgIpc) is 2.57. The van der Waals surface area contributed by atoms with Crippen LogP contribution in [0.4, 0.5) is 4.39 Å². The predicted octanol–water partition coefficient (Wildman–Crippen LogP) is 6.48. The number of carbonyl (C=O) groups is 1. The minimum Gasteiger partial charge on any atom is -0.299 e. The molecule has 3 unspecified atom stereocenters. The molecular weight excluding hydrogens is 367 g/mol. The van der Waals surface area contributed by atoms with E-state index in [0.717, 1.165) is 50.9 Å². The van der Waals surface area contributed by atoms with E-state index in [4.69, 9.17) is 0 Å². The molecular formula is C21H34BrFO. The van der Waals surface area contributed by atoms with Gasteiger partial charge in [-0.1, -0.05) is 35.7 Å². The smallest absolute Gasteiger partial charge is 0.136 e. The fraction of sp³-hybridized carbons (Fsp3) is 0.952. The van der Waals surface area contributed by atoms with E-state index in [1.54, 1.807) is 0 Å². The van der Waals surface area contributed by atoms with Crippen molar-refractivity contribution in [3.8, 4) is 0 Å². The quantitative estimate of drug-likeness (QED) is 0.493. The molecule has 3 aliphatic carbocycles. The van der Waals surface area contributed by atoms with Crippen LogP contribution < -0.4 is 0 Å². The minimum absolute atomic E-state index is 0.259. The Bertz CT molecular complexity index is 410. The van der Waals surface area contributed by atoms with Crippen molar-refractivity contribution in [3.05, 3.63) is 0 Å². The SMILES string of the molecule is CC1CCC(CC(=O)C2CCC(C3CCC(Br)CC3F)CC2)CC1. The number of ketones is 1. The first-order valence-corrected chi connectivity index (χ1v) is 11.2. The normalized spacial score (nSPS) is 44.2. The maximum atomic E-state index is 14.4. The van der Waals surface area contributed by atoms with Crippen LogP contribution in [0.25, 0.3) is 0 Å². The van der Waals surface area contributed by atoms with E-state index in [9.17, 15) is 9.18 Å². The Morgan fingerprint density at radius 3 is 2.25 bits per heavy atom. The van der Waals surface area contributed by atoms with Gasteiger partial charge < -0.3 is 0 Å². The highest BCUT2D eigenvalue weighted by Gasteiger charge is 2.38. The topological polar surface area (TPSA) is 17.1 Å². The molecule has 0 N–H and O–H groups in total. The summed E-state index contributed by atoms with van der Waals surface area (Å²) in [7, 11) is 0. The Hall–Kier alpha value is 0.0800. The van der Waals surface area contributed by atoms with Crippen molar-refractivity contribution >= 4 is 21.7 Å². The van der Waals surface area contributed by atoms with E-state index in [1.807, 2.05) is 0 Å². The molecule has 0 aromatic heterocycles. The van der Waals surface area contributed by atoms with Crippen LogP contribution in [0.1, 0.15) is 84.0 Å². The lowest BCUT2D eigenvalue weighted by molar-refractivity contribution is -0.125. The van der Waals surface area contributed by atoms with Gasteiger partial charge in [-0.25, -0.2) is 4.39 Å². The van der Waals surface area contributed by atoms with Gasteiger partial charge in [0.15, 0.2) is 0 Å². The molecule has 0 bridgehead atoms. The van der Waals surface area contributed by atoms with Crippen LogP contribution in [0.3, 0.4) is 0 Å². The first-order valence-electron chi connectivity index (χ1n) is 10.3. The molecule has 3 aliphatic rings. The number of carbonyl (C=O) groups excluding carboxylic acids is 1. The molecule has 0 aromatic carbocycles. The van der Waals surface area contributed by atoms with E-state index in [1.165, 1.54) is 25.7 Å². The molecule has 3 rings (SSSR count). The third-order valence-corrected chi connectivity index (χ3v) is 8.05. The Morgan fingerprint density at radius 1 is 0.958 bits per heavy atom. The summed E-state index contributed by atoms with van der Waals surface area (Å²) in [6, 6.07) is 0. The molecule has 0 radical (unpaired) electrons. The van der Waals surface area contributed by atoms with Gasteiger partial charge in [-0.05, 0) is 81.5 Å². The van der Waals surface area contributed by atoms with Gasteiger partial charge in [-0.15, -0.1) is 0 Å². The lowest BCUT2D eigenvalue weighted by Gasteiger charge is -2.38. The van der Waals surface area contributed by atoms with Crippen molar-refractivity contribution in [2.75, 3.05) is 0 Å². The van der Waals surface area contributed by atoms with Crippen molar-refractivity contribution in [1.29, 1.82) is 0 Å². The van der Waals surface area contributed by atoms with E-state index in [0.29, 0.717) is 28.9 Å². The van der Waals surface area contributed by atoms with Crippen molar-refractivity contribution in [1.82, 2.24) is 0 Å². The molecule has 3 fully saturated rings. The lowest BCUT2D eigenvalue weighted by Crippen LogP contribution is -2.35. The Morgan fingerprint density at radius 2 is 1.62 bits per heavy atom. The predicted molar refractivity (Wildman–Crippen MR) is 101 cm³/mol. The van der Waals surface area contributed by atoms with Gasteiger partial charge in [-0.2, -0.15) is 0 Å². The molecule has 24 heavy (non-hydrogen) atoms. The zero-order chi connectivity index (χ0) is 17.1. The van der Waals surface area contributed by atoms with Gasteiger partial charge in [0, 0.05) is 17.2 Å². The summed E-state index contributed by atoms with van der Waals surface area (Å²) in [5.41, 5.74) is 0. The second kappa shape index (κ2) is 8.64. The molecule has 0 spiro atoms. The van der Waals surface area contributed by atoms with Crippen LogP contribution in [-0.4, -0.2) is 16.8 Å². The van der Waals surface area contributed by atoms with E-state index in [-0.39, 0.29) is 11.8 Å². The van der Waals surface area contributed by atoms with Crippen LogP contribution in [0.15, 0.2) is 0 Å². The monoisotopic (exact) mass is 400 g/mol. The molecule has 3 saturated carbocycles. The second-order valence-corrected chi connectivity index (χ2v) is 10.3. The highest BCUT2D eigenvalue weighted by atomic mass is 79.9. The maximum Gasteiger partial charge on any atom is 0.136 e. The van der Waals surface area contributed by atoms with Gasteiger partial charge in [0.1, 0.15) is 12.0 Å². The average molecular weight is 401 g/mol. The molecule has 1 nitrogen and oxygen atoms in total. The van der Waals surface area contributed by atoms with E-state index < -0.39 is 6.17 Å². The van der Waals surface area contributed by atoms with Gasteiger partial charge in [0.05, 0.1) is 0 Å². The van der Waals surface area contributed by atoms with Gasteiger partial charge >= 0.3 is 0 Å². The second-order valence-electron chi connectivity index (χ2n) is 9.00. The van der Waals surface area contributed by atoms with E-state index in [2.05, 4.69) is 22.9 Å². The first-order chi connectivity index (χ1) is 11.5. The number of Topliss-reactive ketones (excluding diaryl/α,β-unsaturated/α-hetero) is 1. The summed E-state index contributed by atoms with van der Waals surface area (Å²) in [6.45, 7) is 2.33. The summed E-state index contributed by atoms with van der Waals surface area (Å²) < 4.78 is 14.4. The Kier molecular flexibility index (Phi) is 6.79. The first kappa shape index (κ1) is 18.9. The number of hydrogen-bond donors (Lipinski definition) is 0. The van der Waals surface area contributed by atoms with Crippen LogP contribution >= 0.6 is 15.9 Å². The van der Waals surface area contributed by atoms with Crippen molar-refractivity contribution < 1.29 is 9.18 Å². The van der Waals surface area contributed by atoms with Crippen molar-refractivity contribution in [2.24, 2.45) is 29.6 Å². The van der Waals surface area contributed by atoms with Crippen LogP contribution in [-0.2, 0) is 4.79 Å². The minimum atomic E-state index is -0.635. The molecule has 3 atom stereocenters. The summed E-state index contributed by atoms with van der Waals surface area (Å²) in [4.78, 5) is 13.0. The highest BCUT2D eigenvalue weighted by Crippen LogP contribution is 2.43. The Labute approximate surface area is 155 Å². The lowest BCUT2D eigenvalue weighted by atomic mass is 9.69. The highest BCUT2D eigenvalue weighted by molar-refractivity contribution is 9.09. The summed E-state index contributed by atoms with van der Waals surface area (Å²) in [5.74, 6) is 3.10. The third kappa shape index (κ3) is 4.83. The standard InChI is InChI=1S/C21H34BrFO/c1-14-2-4-15(5-3-14)12-21(24)17-8-6-16(7-9-17)19-11-10-18(22)13-20(19)23/h14-20H,2-13H2,1H3. The van der Waals surface area contributed by atoms with Gasteiger partial charge in [0.2, 0.25) is 0 Å². The Balaban J connectivity index is 1.42. The third-order valence-electron chi connectivity index (χ3n) is 7.22. The van der Waals surface area contributed by atoms with Gasteiger partial charge in [-0.3, -0.25) is 4.79 Å². The zero-order valence-corrected chi connectivity index (χ0v) is 16.8. The number of halogens is 2. The molecule has 0 saturated heterocycles. The molecule has 0 heterocycles. The number of rotatable bonds is 4. The molecule has 138 valence electrons. The summed E-state index contributed by atoms with van der Waals surface area (Å²) in [6.07, 6.45) is 12.3. The zero-order valence-electron chi connectivity index (χ0n) is 15.2. The van der Waals surface area contributed by atoms with E-state index >= 15 is 0 Å². The molecule has 0 amide bonds. The van der Waals surface area contributed by atoms with Gasteiger partial charge in [0.25, 0.3) is 0 Å². The summed E-state index contributed by atoms with van der Waals surface area (Å²) >= 11 is 3.57. The van der Waals surface area contributed by atoms with Crippen LogP contribution in [0.2, 0.25) is 0 Å². The summed E-state index contributed by atoms with van der Waals surface area (Å²) in [5, 5.41) is 0. The number of hydrogen-bond acceptors (Lipinski definition) is 1. The van der Waals surface area contributed by atoms with Crippen LogP contribution in [0, 0.1) is 29.6 Å². The molecule has 0 aliphatic heterocycles. The fourth-order valence-corrected chi connectivity index (χ4v) is 6.10. The van der Waals surface area contributed by atoms with Crippen molar-refractivity contribution in [2.45, 2.75) is 95.0 Å². The van der Waals surface area contributed by atoms with Crippen LogP contribution in [0.5, 0.6) is 0 Å². The molecule has 0 aromatic rings. The number of alkyl halides is 2. The fourth-order valence-electron chi connectivity index (χ4n) is 5.48. The largest absolute Gasteiger partial charge is 0.299 e. The maximum absolute atomic E-state index is 14.4. The van der Waals surface area contributed by atoms with Crippen molar-refractivity contribution in [3.63, 3.8) is 0 Å². The molecule has 3 heteroatoms.